The summed E-state index contributed by atoms with van der Waals surface area (Å²) in [6, 6.07) is 15.9. The molecule has 1 heterocycles. The van der Waals surface area contributed by atoms with Crippen LogP contribution >= 0.6 is 0 Å². The molecule has 0 bridgehead atoms. The van der Waals surface area contributed by atoms with Crippen molar-refractivity contribution in [1.29, 1.82) is 0 Å². The third-order valence-electron chi connectivity index (χ3n) is 3.20. The molecule has 0 fully saturated rings. The Balaban J connectivity index is 2.13. The van der Waals surface area contributed by atoms with E-state index in [4.69, 9.17) is 0 Å². The predicted octanol–water partition coefficient (Wildman–Crippen LogP) is 1.09. The number of hydrogen-bond donors (Lipinski definition) is 0. The van der Waals surface area contributed by atoms with E-state index in [0.29, 0.717) is 0 Å². The molecule has 0 atom stereocenters. The molecule has 0 nitrogen and oxygen atoms in total. The minimum absolute atomic E-state index is 0.0377. The highest BCUT2D eigenvalue weighted by Gasteiger charge is 2.33. The summed E-state index contributed by atoms with van der Waals surface area (Å²) in [6.07, 6.45) is 0. The van der Waals surface area contributed by atoms with Crippen molar-refractivity contribution in [3.05, 3.63) is 55.2 Å². The molecule has 3 rings (SSSR count). The van der Waals surface area contributed by atoms with Crippen LogP contribution in [0.4, 0.5) is 0 Å². The van der Waals surface area contributed by atoms with Gasteiger partial charge in [-0.1, -0.05) is 39.0 Å². The maximum atomic E-state index is 2.43. The van der Waals surface area contributed by atoms with Gasteiger partial charge in [0, 0.05) is 11.1 Å². The quantitative estimate of drug-likeness (QED) is 0.540. The van der Waals surface area contributed by atoms with Crippen molar-refractivity contribution in [1.82, 2.24) is 0 Å². The van der Waals surface area contributed by atoms with Gasteiger partial charge in [-0.3, -0.25) is 0 Å². The van der Waals surface area contributed by atoms with Crippen molar-refractivity contribution in [2.75, 3.05) is 0 Å². The topological polar surface area (TPSA) is 0 Å². The molecule has 1 aliphatic rings. The molecule has 0 radical (unpaired) electrons. The van der Waals surface area contributed by atoms with Crippen molar-refractivity contribution >= 4 is 0 Å². The minimum atomic E-state index is 0.0377. The molecular formula is C16H16I+. The van der Waals surface area contributed by atoms with Gasteiger partial charge in [-0.2, -0.15) is 0 Å². The van der Waals surface area contributed by atoms with Crippen molar-refractivity contribution in [3.63, 3.8) is 0 Å². The van der Waals surface area contributed by atoms with Gasteiger partial charge < -0.3 is 0 Å². The molecule has 0 N–H and O–H groups in total. The van der Waals surface area contributed by atoms with Gasteiger partial charge in [0.05, 0.1) is 0 Å². The third kappa shape index (κ3) is 1.90. The Bertz CT molecular complexity index is 576. The average Bonchev–Trinajstić information content (AvgIpc) is 2.65. The molecule has 0 aromatic heterocycles. The van der Waals surface area contributed by atoms with Gasteiger partial charge >= 0.3 is 21.2 Å². The summed E-state index contributed by atoms with van der Waals surface area (Å²) in [5.41, 5.74) is 4.66. The van der Waals surface area contributed by atoms with Crippen LogP contribution in [-0.4, -0.2) is 0 Å². The molecule has 0 saturated carbocycles. The van der Waals surface area contributed by atoms with Crippen LogP contribution in [0.1, 0.15) is 26.3 Å². The second-order valence-corrected chi connectivity index (χ2v) is 8.38. The Labute approximate surface area is 113 Å². The van der Waals surface area contributed by atoms with Gasteiger partial charge in [0.2, 0.25) is 7.14 Å². The molecule has 86 valence electrons. The van der Waals surface area contributed by atoms with Crippen LogP contribution in [0.15, 0.2) is 42.5 Å². The standard InChI is InChI=1S/C16H16I/c1-16(2,3)11-8-9-13-12-6-4-5-7-14(12)17-15(13)10-11/h4-10H,1-3H3/q+1. The lowest BCUT2D eigenvalue weighted by atomic mass is 9.86. The van der Waals surface area contributed by atoms with Gasteiger partial charge in [0.25, 0.3) is 0 Å². The van der Waals surface area contributed by atoms with Crippen molar-refractivity contribution < 1.29 is 21.2 Å². The predicted molar refractivity (Wildman–Crippen MR) is 68.0 cm³/mol. The molecule has 17 heavy (non-hydrogen) atoms. The lowest BCUT2D eigenvalue weighted by molar-refractivity contribution is -0.590. The fourth-order valence-corrected chi connectivity index (χ4v) is 5.18. The lowest BCUT2D eigenvalue weighted by Gasteiger charge is -2.18. The Hall–Kier alpha value is -0.830. The monoisotopic (exact) mass is 335 g/mol. The van der Waals surface area contributed by atoms with E-state index < -0.39 is 0 Å². The van der Waals surface area contributed by atoms with E-state index in [1.54, 1.807) is 7.14 Å². The molecule has 1 aliphatic heterocycles. The summed E-state index contributed by atoms with van der Waals surface area (Å²) in [5, 5.41) is 0. The van der Waals surface area contributed by atoms with E-state index in [0.717, 1.165) is 0 Å². The largest absolute Gasteiger partial charge is 0.359 e. The number of rotatable bonds is 0. The van der Waals surface area contributed by atoms with Crippen LogP contribution in [0.5, 0.6) is 0 Å². The van der Waals surface area contributed by atoms with Crippen LogP contribution in [0.2, 0.25) is 0 Å². The number of benzene rings is 2. The summed E-state index contributed by atoms with van der Waals surface area (Å²) in [7, 11) is 0. The SMILES string of the molecule is CC(C)(C)c1ccc2c(c1)[I+]c1ccccc1-2. The second kappa shape index (κ2) is 3.84. The fraction of sp³-hybridized carbons (Fsp3) is 0.250. The minimum Gasteiger partial charge on any atom is -0.0613 e. The van der Waals surface area contributed by atoms with Crippen LogP contribution < -0.4 is 21.2 Å². The van der Waals surface area contributed by atoms with E-state index in [9.17, 15) is 0 Å². The Morgan fingerprint density at radius 3 is 2.29 bits per heavy atom. The first-order valence-electron chi connectivity index (χ1n) is 5.94. The summed E-state index contributed by atoms with van der Waals surface area (Å²) < 4.78 is 3.17. The smallest absolute Gasteiger partial charge is 0.0613 e. The van der Waals surface area contributed by atoms with Gasteiger partial charge in [-0.05, 0) is 35.2 Å². The molecule has 0 spiro atoms. The van der Waals surface area contributed by atoms with E-state index in [1.807, 2.05) is 0 Å². The average molecular weight is 335 g/mol. The highest BCUT2D eigenvalue weighted by molar-refractivity contribution is 5.65. The molecule has 0 amide bonds. The van der Waals surface area contributed by atoms with Crippen LogP contribution in [0.3, 0.4) is 0 Å². The first-order chi connectivity index (χ1) is 8.05. The first-order valence-corrected chi connectivity index (χ1v) is 8.10. The van der Waals surface area contributed by atoms with E-state index in [-0.39, 0.29) is 26.6 Å². The van der Waals surface area contributed by atoms with Crippen molar-refractivity contribution in [2.45, 2.75) is 26.2 Å². The fourth-order valence-electron chi connectivity index (χ4n) is 2.15. The van der Waals surface area contributed by atoms with Gasteiger partial charge in [-0.25, -0.2) is 0 Å². The molecule has 1 heteroatoms. The van der Waals surface area contributed by atoms with Crippen LogP contribution in [-0.2, 0) is 5.41 Å². The Morgan fingerprint density at radius 2 is 1.53 bits per heavy atom. The Morgan fingerprint density at radius 1 is 0.824 bits per heavy atom. The molecular weight excluding hydrogens is 319 g/mol. The zero-order chi connectivity index (χ0) is 12.0. The summed E-state index contributed by atoms with van der Waals surface area (Å²) in [4.78, 5) is 0. The molecule has 2 aromatic rings. The maximum absolute atomic E-state index is 2.43. The number of halogens is 1. The molecule has 0 unspecified atom stereocenters. The summed E-state index contributed by atoms with van der Waals surface area (Å²) >= 11 is 0.0377. The first kappa shape index (κ1) is 11.3. The van der Waals surface area contributed by atoms with Gasteiger partial charge in [0.15, 0.2) is 0 Å². The summed E-state index contributed by atoms with van der Waals surface area (Å²) in [5.74, 6) is 0. The number of fused-ring (bicyclic) bond motifs is 3. The highest BCUT2D eigenvalue weighted by Crippen LogP contribution is 2.27. The van der Waals surface area contributed by atoms with Crippen LogP contribution in [0, 0.1) is 7.14 Å². The van der Waals surface area contributed by atoms with E-state index in [1.165, 1.54) is 16.7 Å². The van der Waals surface area contributed by atoms with E-state index >= 15 is 0 Å². The second-order valence-electron chi connectivity index (χ2n) is 5.52. The van der Waals surface area contributed by atoms with Crippen LogP contribution in [0.25, 0.3) is 11.1 Å². The normalized spacial score (nSPS) is 13.4. The zero-order valence-electron chi connectivity index (χ0n) is 10.4. The van der Waals surface area contributed by atoms with Crippen molar-refractivity contribution in [2.24, 2.45) is 0 Å². The molecule has 2 aromatic carbocycles. The molecule has 0 saturated heterocycles. The lowest BCUT2D eigenvalue weighted by Crippen LogP contribution is -3.61. The Kier molecular flexibility index (Phi) is 2.54. The summed E-state index contributed by atoms with van der Waals surface area (Å²) in [6.45, 7) is 6.86. The maximum Gasteiger partial charge on any atom is 0.359 e. The number of hydrogen-bond acceptors (Lipinski definition) is 0. The molecule has 0 aliphatic carbocycles. The highest BCUT2D eigenvalue weighted by atomic mass is 127. The van der Waals surface area contributed by atoms with E-state index in [2.05, 4.69) is 63.2 Å². The zero-order valence-corrected chi connectivity index (χ0v) is 12.6. The van der Waals surface area contributed by atoms with Gasteiger partial charge in [-0.15, -0.1) is 0 Å². The van der Waals surface area contributed by atoms with Crippen molar-refractivity contribution in [3.8, 4) is 11.1 Å². The van der Waals surface area contributed by atoms with Gasteiger partial charge in [0.1, 0.15) is 0 Å². The third-order valence-corrected chi connectivity index (χ3v) is 6.20.